The van der Waals surface area contributed by atoms with Gasteiger partial charge in [-0.2, -0.15) is 0 Å². The Hall–Kier alpha value is -1.53. The summed E-state index contributed by atoms with van der Waals surface area (Å²) in [5, 5.41) is 12.6. The van der Waals surface area contributed by atoms with E-state index in [1.54, 1.807) is 6.07 Å². The van der Waals surface area contributed by atoms with E-state index in [4.69, 9.17) is 11.6 Å². The molecule has 0 aliphatic carbocycles. The van der Waals surface area contributed by atoms with E-state index in [2.05, 4.69) is 15.5 Å². The lowest BCUT2D eigenvalue weighted by Gasteiger charge is -2.09. The molecule has 0 saturated heterocycles. The van der Waals surface area contributed by atoms with Crippen LogP contribution in [0.3, 0.4) is 0 Å². The molecule has 0 aliphatic heterocycles. The minimum Gasteiger partial charge on any atom is -0.325 e. The number of hydrogen-bond acceptors (Lipinski definition) is 4. The molecule has 0 saturated carbocycles. The van der Waals surface area contributed by atoms with E-state index < -0.39 is 0 Å². The van der Waals surface area contributed by atoms with Crippen LogP contribution in [0.25, 0.3) is 0 Å². The minimum atomic E-state index is -0.0842. The monoisotopic (exact) mass is 338 g/mol. The zero-order chi connectivity index (χ0) is 16.1. The number of thioether (sulfide) groups is 1. The summed E-state index contributed by atoms with van der Waals surface area (Å²) in [5.41, 5.74) is 1.61. The fourth-order valence-corrected chi connectivity index (χ4v) is 3.06. The van der Waals surface area contributed by atoms with E-state index >= 15 is 0 Å². The standard InChI is InChI=1S/C15H19ClN4OS/c1-4-13-18-19-15(20(13)5-2)22-9-14(21)17-12-8-6-7-11(16)10(12)3/h6-8H,4-5,9H2,1-3H3,(H,17,21). The third-order valence-corrected chi connectivity index (χ3v) is 4.68. The Morgan fingerprint density at radius 1 is 1.36 bits per heavy atom. The van der Waals surface area contributed by atoms with Crippen molar-refractivity contribution in [3.8, 4) is 0 Å². The van der Waals surface area contributed by atoms with Crippen molar-refractivity contribution in [1.82, 2.24) is 14.8 Å². The van der Waals surface area contributed by atoms with E-state index in [0.29, 0.717) is 5.02 Å². The highest BCUT2D eigenvalue weighted by Crippen LogP contribution is 2.23. The van der Waals surface area contributed by atoms with Gasteiger partial charge in [0.15, 0.2) is 5.16 Å². The van der Waals surface area contributed by atoms with Crippen molar-refractivity contribution >= 4 is 35.0 Å². The Morgan fingerprint density at radius 2 is 2.14 bits per heavy atom. The molecular weight excluding hydrogens is 320 g/mol. The highest BCUT2D eigenvalue weighted by Gasteiger charge is 2.12. The fraction of sp³-hybridized carbons (Fsp3) is 0.400. The summed E-state index contributed by atoms with van der Waals surface area (Å²) < 4.78 is 2.03. The second-order valence-electron chi connectivity index (χ2n) is 4.75. The van der Waals surface area contributed by atoms with Gasteiger partial charge in [-0.05, 0) is 31.5 Å². The van der Waals surface area contributed by atoms with Crippen LogP contribution in [0.2, 0.25) is 5.02 Å². The van der Waals surface area contributed by atoms with Crippen molar-refractivity contribution in [3.63, 3.8) is 0 Å². The van der Waals surface area contributed by atoms with E-state index in [9.17, 15) is 4.79 Å². The quantitative estimate of drug-likeness (QED) is 0.818. The SMILES string of the molecule is CCc1nnc(SCC(=O)Nc2cccc(Cl)c2C)n1CC. The molecule has 1 aromatic carbocycles. The van der Waals surface area contributed by atoms with Crippen LogP contribution in [0.5, 0.6) is 0 Å². The largest absolute Gasteiger partial charge is 0.325 e. The number of nitrogens with one attached hydrogen (secondary N) is 1. The second-order valence-corrected chi connectivity index (χ2v) is 6.10. The highest BCUT2D eigenvalue weighted by molar-refractivity contribution is 7.99. The molecule has 22 heavy (non-hydrogen) atoms. The molecule has 1 N–H and O–H groups in total. The van der Waals surface area contributed by atoms with Gasteiger partial charge in [-0.3, -0.25) is 4.79 Å². The van der Waals surface area contributed by atoms with Crippen LogP contribution in [-0.2, 0) is 17.8 Å². The first kappa shape index (κ1) is 16.8. The number of benzene rings is 1. The predicted octanol–water partition coefficient (Wildman–Crippen LogP) is 3.55. The Bertz CT molecular complexity index is 672. The summed E-state index contributed by atoms with van der Waals surface area (Å²) in [6.07, 6.45) is 0.829. The number of halogens is 1. The van der Waals surface area contributed by atoms with Crippen LogP contribution in [-0.4, -0.2) is 26.4 Å². The van der Waals surface area contributed by atoms with Crippen molar-refractivity contribution in [1.29, 1.82) is 0 Å². The van der Waals surface area contributed by atoms with Crippen molar-refractivity contribution in [2.45, 2.75) is 38.9 Å². The number of amides is 1. The topological polar surface area (TPSA) is 59.8 Å². The molecule has 0 radical (unpaired) electrons. The van der Waals surface area contributed by atoms with Crippen LogP contribution in [0.15, 0.2) is 23.4 Å². The van der Waals surface area contributed by atoms with Crippen LogP contribution < -0.4 is 5.32 Å². The molecule has 0 fully saturated rings. The molecule has 0 atom stereocenters. The Labute approximate surface area is 139 Å². The van der Waals surface area contributed by atoms with Crippen LogP contribution in [0.1, 0.15) is 25.2 Å². The molecular formula is C15H19ClN4OS. The molecule has 0 aliphatic rings. The smallest absolute Gasteiger partial charge is 0.234 e. The van der Waals surface area contributed by atoms with E-state index in [0.717, 1.165) is 35.2 Å². The molecule has 118 valence electrons. The van der Waals surface area contributed by atoms with Gasteiger partial charge in [-0.25, -0.2) is 0 Å². The first-order valence-electron chi connectivity index (χ1n) is 7.16. The molecule has 0 bridgehead atoms. The first-order valence-corrected chi connectivity index (χ1v) is 8.53. The number of carbonyl (C=O) groups is 1. The Kier molecular flexibility index (Phi) is 5.85. The van der Waals surface area contributed by atoms with Crippen LogP contribution >= 0.6 is 23.4 Å². The number of rotatable bonds is 6. The zero-order valence-corrected chi connectivity index (χ0v) is 14.5. The molecule has 1 aromatic heterocycles. The summed E-state index contributed by atoms with van der Waals surface area (Å²) in [6, 6.07) is 5.46. The fourth-order valence-electron chi connectivity index (χ4n) is 2.06. The number of carbonyl (C=O) groups excluding carboxylic acids is 1. The molecule has 5 nitrogen and oxygen atoms in total. The van der Waals surface area contributed by atoms with Crippen LogP contribution in [0.4, 0.5) is 5.69 Å². The van der Waals surface area contributed by atoms with Crippen molar-refractivity contribution in [2.75, 3.05) is 11.1 Å². The van der Waals surface area contributed by atoms with Crippen molar-refractivity contribution in [3.05, 3.63) is 34.6 Å². The average Bonchev–Trinajstić information content (AvgIpc) is 2.91. The molecule has 0 unspecified atom stereocenters. The third kappa shape index (κ3) is 3.81. The summed E-state index contributed by atoms with van der Waals surface area (Å²) in [5.74, 6) is 1.14. The molecule has 2 rings (SSSR count). The number of aryl methyl sites for hydroxylation is 1. The van der Waals surface area contributed by atoms with Crippen molar-refractivity contribution in [2.24, 2.45) is 0 Å². The van der Waals surface area contributed by atoms with Crippen LogP contribution in [0, 0.1) is 6.92 Å². The Balaban J connectivity index is 1.99. The van der Waals surface area contributed by atoms with Gasteiger partial charge in [0.2, 0.25) is 5.91 Å². The van der Waals surface area contributed by atoms with E-state index in [-0.39, 0.29) is 11.7 Å². The van der Waals surface area contributed by atoms with Gasteiger partial charge in [0.25, 0.3) is 0 Å². The lowest BCUT2D eigenvalue weighted by Crippen LogP contribution is -2.15. The highest BCUT2D eigenvalue weighted by atomic mass is 35.5. The Morgan fingerprint density at radius 3 is 2.82 bits per heavy atom. The summed E-state index contributed by atoms with van der Waals surface area (Å²) in [4.78, 5) is 12.1. The zero-order valence-electron chi connectivity index (χ0n) is 12.9. The van der Waals surface area contributed by atoms with Gasteiger partial charge in [0.1, 0.15) is 5.82 Å². The number of aromatic nitrogens is 3. The summed E-state index contributed by atoms with van der Waals surface area (Å²) in [7, 11) is 0. The molecule has 0 spiro atoms. The lowest BCUT2D eigenvalue weighted by atomic mass is 10.2. The second kappa shape index (κ2) is 7.65. The number of nitrogens with zero attached hydrogens (tertiary/aromatic N) is 3. The van der Waals surface area contributed by atoms with Gasteiger partial charge in [-0.1, -0.05) is 36.4 Å². The lowest BCUT2D eigenvalue weighted by molar-refractivity contribution is -0.113. The summed E-state index contributed by atoms with van der Waals surface area (Å²) in [6.45, 7) is 6.76. The maximum atomic E-state index is 12.1. The maximum absolute atomic E-state index is 12.1. The minimum absolute atomic E-state index is 0.0842. The van der Waals surface area contributed by atoms with Crippen molar-refractivity contribution < 1.29 is 4.79 Å². The van der Waals surface area contributed by atoms with Gasteiger partial charge in [0.05, 0.1) is 5.75 Å². The van der Waals surface area contributed by atoms with Gasteiger partial charge >= 0.3 is 0 Å². The van der Waals surface area contributed by atoms with E-state index in [1.165, 1.54) is 11.8 Å². The maximum Gasteiger partial charge on any atom is 0.234 e. The normalized spacial score (nSPS) is 10.7. The third-order valence-electron chi connectivity index (χ3n) is 3.30. The molecule has 7 heteroatoms. The van der Waals surface area contributed by atoms with Gasteiger partial charge in [0, 0.05) is 23.7 Å². The molecule has 1 amide bonds. The average molecular weight is 339 g/mol. The van der Waals surface area contributed by atoms with E-state index in [1.807, 2.05) is 37.5 Å². The first-order chi connectivity index (χ1) is 10.6. The molecule has 1 heterocycles. The number of hydrogen-bond donors (Lipinski definition) is 1. The predicted molar refractivity (Wildman–Crippen MR) is 90.6 cm³/mol. The van der Waals surface area contributed by atoms with Gasteiger partial charge in [-0.15, -0.1) is 10.2 Å². The molecule has 2 aromatic rings. The van der Waals surface area contributed by atoms with Gasteiger partial charge < -0.3 is 9.88 Å². The number of anilines is 1. The summed E-state index contributed by atoms with van der Waals surface area (Å²) >= 11 is 7.44.